The van der Waals surface area contributed by atoms with E-state index >= 15 is 0 Å². The summed E-state index contributed by atoms with van der Waals surface area (Å²) in [7, 11) is -3.70. The zero-order chi connectivity index (χ0) is 16.5. The SMILES string of the molecule is CS(=O)(=O)N(c1cccc(C(=O)O)c1)c1ccc(Cl)c(Cl)c1. The zero-order valence-electron chi connectivity index (χ0n) is 11.3. The van der Waals surface area contributed by atoms with Gasteiger partial charge in [0.1, 0.15) is 0 Å². The van der Waals surface area contributed by atoms with Crippen molar-refractivity contribution in [2.45, 2.75) is 0 Å². The van der Waals surface area contributed by atoms with E-state index in [2.05, 4.69) is 0 Å². The van der Waals surface area contributed by atoms with Crippen molar-refractivity contribution in [1.82, 2.24) is 0 Å². The molecule has 0 saturated carbocycles. The highest BCUT2D eigenvalue weighted by atomic mass is 35.5. The molecule has 0 fully saturated rings. The number of aromatic carboxylic acids is 1. The third kappa shape index (κ3) is 3.52. The van der Waals surface area contributed by atoms with Gasteiger partial charge in [-0.05, 0) is 36.4 Å². The van der Waals surface area contributed by atoms with Gasteiger partial charge in [0.25, 0.3) is 0 Å². The van der Waals surface area contributed by atoms with Crippen molar-refractivity contribution in [1.29, 1.82) is 0 Å². The third-order valence-electron chi connectivity index (χ3n) is 2.80. The van der Waals surface area contributed by atoms with Crippen molar-refractivity contribution in [3.63, 3.8) is 0 Å². The van der Waals surface area contributed by atoms with Crippen LogP contribution in [0.2, 0.25) is 10.0 Å². The van der Waals surface area contributed by atoms with E-state index in [4.69, 9.17) is 28.3 Å². The van der Waals surface area contributed by atoms with Crippen LogP contribution in [0.1, 0.15) is 10.4 Å². The monoisotopic (exact) mass is 359 g/mol. The quantitative estimate of drug-likeness (QED) is 0.900. The van der Waals surface area contributed by atoms with E-state index in [0.29, 0.717) is 0 Å². The van der Waals surface area contributed by atoms with Crippen LogP contribution in [0.25, 0.3) is 0 Å². The molecule has 0 aliphatic carbocycles. The molecule has 0 aliphatic rings. The van der Waals surface area contributed by atoms with E-state index in [1.807, 2.05) is 0 Å². The van der Waals surface area contributed by atoms with Gasteiger partial charge in [-0.3, -0.25) is 0 Å². The second kappa shape index (κ2) is 6.16. The normalized spacial score (nSPS) is 11.2. The molecule has 1 N–H and O–H groups in total. The molecule has 2 aromatic rings. The van der Waals surface area contributed by atoms with Crippen LogP contribution >= 0.6 is 23.2 Å². The fourth-order valence-electron chi connectivity index (χ4n) is 1.91. The van der Waals surface area contributed by atoms with Gasteiger partial charge in [0.2, 0.25) is 10.0 Å². The standard InChI is InChI=1S/C14H11Cl2NO4S/c1-22(20,21)17(11-5-6-12(15)13(16)8-11)10-4-2-3-9(7-10)14(18)19/h2-8H,1H3,(H,18,19). The lowest BCUT2D eigenvalue weighted by Gasteiger charge is -2.23. The van der Waals surface area contributed by atoms with Crippen molar-refractivity contribution in [3.8, 4) is 0 Å². The van der Waals surface area contributed by atoms with Gasteiger partial charge in [0.15, 0.2) is 0 Å². The van der Waals surface area contributed by atoms with Crippen LogP contribution in [-0.2, 0) is 10.0 Å². The molecule has 0 spiro atoms. The predicted molar refractivity (Wildman–Crippen MR) is 86.8 cm³/mol. The summed E-state index contributed by atoms with van der Waals surface area (Å²) in [5.41, 5.74) is 0.437. The molecule has 0 saturated heterocycles. The summed E-state index contributed by atoms with van der Waals surface area (Å²) in [6.07, 6.45) is 1.02. The molecule has 2 aromatic carbocycles. The minimum Gasteiger partial charge on any atom is -0.478 e. The van der Waals surface area contributed by atoms with Crippen molar-refractivity contribution < 1.29 is 18.3 Å². The van der Waals surface area contributed by atoms with Crippen LogP contribution in [0.3, 0.4) is 0 Å². The van der Waals surface area contributed by atoms with Crippen molar-refractivity contribution in [3.05, 3.63) is 58.1 Å². The molecular formula is C14H11Cl2NO4S. The number of hydrogen-bond donors (Lipinski definition) is 1. The fourth-order valence-corrected chi connectivity index (χ4v) is 3.19. The topological polar surface area (TPSA) is 74.7 Å². The van der Waals surface area contributed by atoms with E-state index in [1.165, 1.54) is 42.5 Å². The summed E-state index contributed by atoms with van der Waals surface area (Å²) in [6, 6.07) is 9.97. The van der Waals surface area contributed by atoms with Crippen LogP contribution < -0.4 is 4.31 Å². The van der Waals surface area contributed by atoms with Crippen LogP contribution in [0.5, 0.6) is 0 Å². The maximum atomic E-state index is 12.1. The molecule has 0 bridgehead atoms. The highest BCUT2D eigenvalue weighted by Gasteiger charge is 2.21. The molecule has 0 atom stereocenters. The number of halogens is 2. The first-order valence-electron chi connectivity index (χ1n) is 5.99. The number of carboxylic acid groups (broad SMARTS) is 1. The summed E-state index contributed by atoms with van der Waals surface area (Å²) < 4.78 is 25.2. The Labute approximate surface area is 137 Å². The first-order valence-corrected chi connectivity index (χ1v) is 8.59. The van der Waals surface area contributed by atoms with Crippen LogP contribution in [-0.4, -0.2) is 25.7 Å². The average Bonchev–Trinajstić information content (AvgIpc) is 2.42. The molecular weight excluding hydrogens is 349 g/mol. The first-order chi connectivity index (χ1) is 10.2. The highest BCUT2D eigenvalue weighted by Crippen LogP contribution is 2.33. The van der Waals surface area contributed by atoms with Crippen LogP contribution in [0.4, 0.5) is 11.4 Å². The van der Waals surface area contributed by atoms with Gasteiger partial charge in [-0.15, -0.1) is 0 Å². The second-order valence-electron chi connectivity index (χ2n) is 4.48. The van der Waals surface area contributed by atoms with E-state index < -0.39 is 16.0 Å². The Balaban J connectivity index is 2.64. The molecule has 0 amide bonds. The van der Waals surface area contributed by atoms with Crippen LogP contribution in [0, 0.1) is 0 Å². The lowest BCUT2D eigenvalue weighted by molar-refractivity contribution is 0.0697. The van der Waals surface area contributed by atoms with E-state index in [0.717, 1.165) is 10.6 Å². The lowest BCUT2D eigenvalue weighted by Crippen LogP contribution is -2.24. The van der Waals surface area contributed by atoms with Gasteiger partial charge in [0.05, 0.1) is 33.2 Å². The minimum atomic E-state index is -3.70. The molecule has 0 radical (unpaired) electrons. The van der Waals surface area contributed by atoms with E-state index in [1.54, 1.807) is 0 Å². The van der Waals surface area contributed by atoms with Gasteiger partial charge >= 0.3 is 5.97 Å². The molecule has 0 unspecified atom stereocenters. The molecule has 0 aromatic heterocycles. The molecule has 22 heavy (non-hydrogen) atoms. The molecule has 116 valence electrons. The minimum absolute atomic E-state index is 0.0220. The summed E-state index contributed by atoms with van der Waals surface area (Å²) >= 11 is 11.8. The van der Waals surface area contributed by atoms with Gasteiger partial charge < -0.3 is 5.11 Å². The Kier molecular flexibility index (Phi) is 4.65. The Morgan fingerprint density at radius 3 is 2.23 bits per heavy atom. The predicted octanol–water partition coefficient (Wildman–Crippen LogP) is 3.79. The van der Waals surface area contributed by atoms with E-state index in [-0.39, 0.29) is 27.0 Å². The summed E-state index contributed by atoms with van der Waals surface area (Å²) in [5, 5.41) is 9.52. The highest BCUT2D eigenvalue weighted by molar-refractivity contribution is 7.92. The molecule has 8 heteroatoms. The molecule has 2 rings (SSSR count). The van der Waals surface area contributed by atoms with Gasteiger partial charge in [-0.1, -0.05) is 29.3 Å². The fraction of sp³-hybridized carbons (Fsp3) is 0.0714. The zero-order valence-corrected chi connectivity index (χ0v) is 13.7. The smallest absolute Gasteiger partial charge is 0.335 e. The summed E-state index contributed by atoms with van der Waals surface area (Å²) in [4.78, 5) is 11.1. The van der Waals surface area contributed by atoms with Gasteiger partial charge in [0, 0.05) is 0 Å². The van der Waals surface area contributed by atoms with Crippen LogP contribution in [0.15, 0.2) is 42.5 Å². The summed E-state index contributed by atoms with van der Waals surface area (Å²) in [5.74, 6) is -1.15. The second-order valence-corrected chi connectivity index (χ2v) is 7.13. The number of anilines is 2. The Hall–Kier alpha value is -1.76. The molecule has 0 aliphatic heterocycles. The third-order valence-corrected chi connectivity index (χ3v) is 4.62. The van der Waals surface area contributed by atoms with Crippen molar-refractivity contribution in [2.75, 3.05) is 10.6 Å². The Morgan fingerprint density at radius 2 is 1.68 bits per heavy atom. The Morgan fingerprint density at radius 1 is 1.05 bits per heavy atom. The number of sulfonamides is 1. The number of rotatable bonds is 4. The maximum absolute atomic E-state index is 12.1. The number of nitrogens with zero attached hydrogens (tertiary/aromatic N) is 1. The lowest BCUT2D eigenvalue weighted by atomic mass is 10.2. The van der Waals surface area contributed by atoms with E-state index in [9.17, 15) is 13.2 Å². The maximum Gasteiger partial charge on any atom is 0.335 e. The van der Waals surface area contributed by atoms with Crippen molar-refractivity contribution >= 4 is 50.6 Å². The average molecular weight is 360 g/mol. The molecule has 0 heterocycles. The largest absolute Gasteiger partial charge is 0.478 e. The number of carboxylic acids is 1. The number of benzene rings is 2. The Bertz CT molecular complexity index is 836. The number of carbonyl (C=O) groups is 1. The van der Waals surface area contributed by atoms with Crippen molar-refractivity contribution in [2.24, 2.45) is 0 Å². The number of hydrogen-bond acceptors (Lipinski definition) is 3. The van der Waals surface area contributed by atoms with Gasteiger partial charge in [-0.2, -0.15) is 0 Å². The van der Waals surface area contributed by atoms with Gasteiger partial charge in [-0.25, -0.2) is 17.5 Å². The summed E-state index contributed by atoms with van der Waals surface area (Å²) in [6.45, 7) is 0. The first kappa shape index (κ1) is 16.6. The molecule has 5 nitrogen and oxygen atoms in total.